The molecule has 0 radical (unpaired) electrons. The highest BCUT2D eigenvalue weighted by Gasteiger charge is 2.29. The van der Waals surface area contributed by atoms with Gasteiger partial charge in [-0.1, -0.05) is 18.2 Å². The summed E-state index contributed by atoms with van der Waals surface area (Å²) >= 11 is 0. The average molecular weight is 349 g/mol. The van der Waals surface area contributed by atoms with Crippen molar-refractivity contribution in [2.75, 3.05) is 23.1 Å². The van der Waals surface area contributed by atoms with Gasteiger partial charge < -0.3 is 5.32 Å². The molecule has 0 bridgehead atoms. The summed E-state index contributed by atoms with van der Waals surface area (Å²) in [5.41, 5.74) is 1.77. The molecule has 2 aromatic rings. The lowest BCUT2D eigenvalue weighted by Gasteiger charge is -2.20. The number of hydrogen-bond acceptors (Lipinski definition) is 5. The molecule has 0 fully saturated rings. The van der Waals surface area contributed by atoms with Gasteiger partial charge in [0.05, 0.1) is 11.4 Å². The zero-order chi connectivity index (χ0) is 17.2. The number of hydrogen-bond donors (Lipinski definition) is 1. The monoisotopic (exact) mass is 349 g/mol. The van der Waals surface area contributed by atoms with Gasteiger partial charge in [0.25, 0.3) is 0 Å². The van der Waals surface area contributed by atoms with Crippen molar-refractivity contribution in [1.29, 1.82) is 0 Å². The van der Waals surface area contributed by atoms with Gasteiger partial charge in [-0.3, -0.25) is 9.10 Å². The van der Waals surface area contributed by atoms with E-state index in [2.05, 4.69) is 15.4 Å². The number of carbonyl (C=O) groups is 1. The predicted molar refractivity (Wildman–Crippen MR) is 89.0 cm³/mol. The van der Waals surface area contributed by atoms with Gasteiger partial charge in [-0.25, -0.2) is 18.1 Å². The molecular weight excluding hydrogens is 330 g/mol. The van der Waals surface area contributed by atoms with E-state index in [1.807, 2.05) is 24.3 Å². The van der Waals surface area contributed by atoms with Crippen molar-refractivity contribution in [3.8, 4) is 0 Å². The number of carbonyl (C=O) groups excluding carboxylic acids is 1. The molecule has 2 heterocycles. The maximum absolute atomic E-state index is 12.5. The fraction of sp³-hybridized carbons (Fsp3) is 0.400. The van der Waals surface area contributed by atoms with Crippen molar-refractivity contribution >= 4 is 21.6 Å². The van der Waals surface area contributed by atoms with Crippen LogP contribution in [0.15, 0.2) is 36.9 Å². The van der Waals surface area contributed by atoms with Crippen molar-refractivity contribution in [1.82, 2.24) is 20.1 Å². The second-order valence-corrected chi connectivity index (χ2v) is 7.62. The Morgan fingerprint density at radius 1 is 1.38 bits per heavy atom. The SMILES string of the molecule is CC(C(=O)NCCS(=O)(=O)N1CCc2ccccc21)n1cncn1. The van der Waals surface area contributed by atoms with Gasteiger partial charge in [-0.2, -0.15) is 5.10 Å². The summed E-state index contributed by atoms with van der Waals surface area (Å²) in [5, 5.41) is 6.54. The lowest BCUT2D eigenvalue weighted by Crippen LogP contribution is -2.38. The second-order valence-electron chi connectivity index (χ2n) is 5.61. The summed E-state index contributed by atoms with van der Waals surface area (Å²) in [6, 6.07) is 6.94. The van der Waals surface area contributed by atoms with Crippen LogP contribution in [-0.2, 0) is 21.2 Å². The molecule has 1 atom stereocenters. The normalized spacial score (nSPS) is 15.1. The third-order valence-corrected chi connectivity index (χ3v) is 5.82. The molecule has 1 aliphatic heterocycles. The summed E-state index contributed by atoms with van der Waals surface area (Å²) in [7, 11) is -3.46. The summed E-state index contributed by atoms with van der Waals surface area (Å²) < 4.78 is 27.9. The van der Waals surface area contributed by atoms with Gasteiger partial charge in [0.1, 0.15) is 18.7 Å². The number of amides is 1. The highest BCUT2D eigenvalue weighted by molar-refractivity contribution is 7.92. The fourth-order valence-corrected chi connectivity index (χ4v) is 4.12. The molecule has 1 aliphatic rings. The highest BCUT2D eigenvalue weighted by Crippen LogP contribution is 2.29. The Morgan fingerprint density at radius 3 is 2.92 bits per heavy atom. The van der Waals surface area contributed by atoms with E-state index in [1.165, 1.54) is 21.6 Å². The molecule has 0 saturated heterocycles. The number of anilines is 1. The van der Waals surface area contributed by atoms with Crippen LogP contribution in [-0.4, -0.2) is 47.9 Å². The van der Waals surface area contributed by atoms with Crippen LogP contribution in [0.1, 0.15) is 18.5 Å². The molecule has 0 aliphatic carbocycles. The number of sulfonamides is 1. The first-order chi connectivity index (χ1) is 11.5. The Kier molecular flexibility index (Phi) is 4.52. The smallest absolute Gasteiger partial charge is 0.244 e. The number of rotatable bonds is 6. The zero-order valence-electron chi connectivity index (χ0n) is 13.3. The Morgan fingerprint density at radius 2 is 2.17 bits per heavy atom. The molecule has 1 N–H and O–H groups in total. The number of nitrogens with one attached hydrogen (secondary N) is 1. The molecular formula is C15H19N5O3S. The number of fused-ring (bicyclic) bond motifs is 1. The van der Waals surface area contributed by atoms with Crippen molar-refractivity contribution in [2.45, 2.75) is 19.4 Å². The lowest BCUT2D eigenvalue weighted by molar-refractivity contribution is -0.124. The van der Waals surface area contributed by atoms with E-state index in [0.717, 1.165) is 11.3 Å². The summed E-state index contributed by atoms with van der Waals surface area (Å²) in [6.07, 6.45) is 3.51. The minimum atomic E-state index is -3.46. The Bertz CT molecular complexity index is 819. The molecule has 1 unspecified atom stereocenters. The Hall–Kier alpha value is -2.42. The molecule has 8 nitrogen and oxygen atoms in total. The van der Waals surface area contributed by atoms with Crippen molar-refractivity contribution in [2.24, 2.45) is 0 Å². The second kappa shape index (κ2) is 6.60. The van der Waals surface area contributed by atoms with Gasteiger partial charge in [0.15, 0.2) is 0 Å². The number of nitrogens with zero attached hydrogens (tertiary/aromatic N) is 4. The average Bonchev–Trinajstić information content (AvgIpc) is 3.23. The van der Waals surface area contributed by atoms with E-state index in [-0.39, 0.29) is 18.2 Å². The summed E-state index contributed by atoms with van der Waals surface area (Å²) in [5.74, 6) is -0.436. The van der Waals surface area contributed by atoms with Crippen LogP contribution in [0, 0.1) is 0 Å². The van der Waals surface area contributed by atoms with E-state index in [0.29, 0.717) is 13.0 Å². The van der Waals surface area contributed by atoms with Crippen LogP contribution in [0.2, 0.25) is 0 Å². The molecule has 0 spiro atoms. The molecule has 1 aromatic carbocycles. The number of para-hydroxylation sites is 1. The van der Waals surface area contributed by atoms with Gasteiger partial charge in [0, 0.05) is 13.1 Å². The Balaban J connectivity index is 1.58. The van der Waals surface area contributed by atoms with Crippen LogP contribution in [0.4, 0.5) is 5.69 Å². The first kappa shape index (κ1) is 16.4. The molecule has 1 aromatic heterocycles. The van der Waals surface area contributed by atoms with Crippen LogP contribution < -0.4 is 9.62 Å². The molecule has 128 valence electrons. The molecule has 0 saturated carbocycles. The van der Waals surface area contributed by atoms with E-state index < -0.39 is 16.1 Å². The first-order valence-corrected chi connectivity index (χ1v) is 9.30. The predicted octanol–water partition coefficient (Wildman–Crippen LogP) is 0.348. The van der Waals surface area contributed by atoms with E-state index >= 15 is 0 Å². The summed E-state index contributed by atoms with van der Waals surface area (Å²) in [4.78, 5) is 15.8. The fourth-order valence-electron chi connectivity index (χ4n) is 2.70. The van der Waals surface area contributed by atoms with Gasteiger partial charge in [-0.05, 0) is 25.0 Å². The van der Waals surface area contributed by atoms with Crippen LogP contribution in [0.25, 0.3) is 0 Å². The standard InChI is InChI=1S/C15H19N5O3S/c1-12(19-11-16-10-18-19)15(21)17-7-9-24(22,23)20-8-6-13-4-2-3-5-14(13)20/h2-5,10-12H,6-9H2,1H3,(H,17,21). The van der Waals surface area contributed by atoms with Crippen LogP contribution in [0.5, 0.6) is 0 Å². The maximum atomic E-state index is 12.5. The molecule has 1 amide bonds. The maximum Gasteiger partial charge on any atom is 0.244 e. The zero-order valence-corrected chi connectivity index (χ0v) is 14.1. The van der Waals surface area contributed by atoms with E-state index in [9.17, 15) is 13.2 Å². The largest absolute Gasteiger partial charge is 0.353 e. The molecule has 24 heavy (non-hydrogen) atoms. The van der Waals surface area contributed by atoms with E-state index in [1.54, 1.807) is 6.92 Å². The minimum Gasteiger partial charge on any atom is -0.353 e. The first-order valence-electron chi connectivity index (χ1n) is 7.69. The van der Waals surface area contributed by atoms with Gasteiger partial charge in [-0.15, -0.1) is 0 Å². The third kappa shape index (κ3) is 3.25. The van der Waals surface area contributed by atoms with Gasteiger partial charge in [0.2, 0.25) is 15.9 Å². The lowest BCUT2D eigenvalue weighted by atomic mass is 10.2. The van der Waals surface area contributed by atoms with Crippen LogP contribution in [0.3, 0.4) is 0 Å². The number of benzene rings is 1. The number of aromatic nitrogens is 3. The minimum absolute atomic E-state index is 0.0544. The highest BCUT2D eigenvalue weighted by atomic mass is 32.2. The van der Waals surface area contributed by atoms with Crippen molar-refractivity contribution < 1.29 is 13.2 Å². The topological polar surface area (TPSA) is 97.2 Å². The summed E-state index contributed by atoms with van der Waals surface area (Å²) in [6.45, 7) is 2.18. The molecule has 3 rings (SSSR count). The Labute approximate surface area is 140 Å². The van der Waals surface area contributed by atoms with E-state index in [4.69, 9.17) is 0 Å². The molecule has 9 heteroatoms. The van der Waals surface area contributed by atoms with Crippen molar-refractivity contribution in [3.05, 3.63) is 42.5 Å². The third-order valence-electron chi connectivity index (χ3n) is 4.05. The van der Waals surface area contributed by atoms with Crippen molar-refractivity contribution in [3.63, 3.8) is 0 Å². The van der Waals surface area contributed by atoms with Crippen LogP contribution >= 0.6 is 0 Å². The van der Waals surface area contributed by atoms with Gasteiger partial charge >= 0.3 is 0 Å². The quantitative estimate of drug-likeness (QED) is 0.811.